The molecule has 0 bridgehead atoms. The lowest BCUT2D eigenvalue weighted by Gasteiger charge is -2.20. The largest absolute Gasteiger partial charge is 0.399 e. The van der Waals surface area contributed by atoms with Crippen molar-refractivity contribution < 1.29 is 36.3 Å². The van der Waals surface area contributed by atoms with Crippen molar-refractivity contribution in [2.24, 2.45) is 5.73 Å². The number of alkyl halides is 2. The predicted molar refractivity (Wildman–Crippen MR) is 128 cm³/mol. The van der Waals surface area contributed by atoms with E-state index in [1.54, 1.807) is 0 Å². The van der Waals surface area contributed by atoms with Gasteiger partial charge < -0.3 is 20.8 Å². The van der Waals surface area contributed by atoms with Gasteiger partial charge in [0.15, 0.2) is 0 Å². The van der Waals surface area contributed by atoms with Crippen LogP contribution in [0, 0.1) is 0 Å². The number of sulfonamides is 1. The van der Waals surface area contributed by atoms with Crippen LogP contribution < -0.4 is 15.8 Å². The highest BCUT2D eigenvalue weighted by Gasteiger charge is 2.50. The lowest BCUT2D eigenvalue weighted by Crippen LogP contribution is -2.49. The van der Waals surface area contributed by atoms with Crippen molar-refractivity contribution in [3.05, 3.63) is 71.3 Å². The van der Waals surface area contributed by atoms with Crippen LogP contribution in [0.25, 0.3) is 0 Å². The molecule has 0 unspecified atom stereocenters. The molecule has 0 aliphatic rings. The van der Waals surface area contributed by atoms with Crippen LogP contribution in [0.1, 0.15) is 29.5 Å². The third-order valence-corrected chi connectivity index (χ3v) is 7.57. The Bertz CT molecular complexity index is 1110. The Labute approximate surface area is 203 Å². The summed E-state index contributed by atoms with van der Waals surface area (Å²) in [6.45, 7) is 0.156. The molecule has 0 aliphatic carbocycles. The highest BCUT2D eigenvalue weighted by atomic mass is 32.2. The van der Waals surface area contributed by atoms with E-state index < -0.39 is 46.5 Å². The maximum Gasteiger partial charge on any atom is 0.399 e. The van der Waals surface area contributed by atoms with Crippen LogP contribution >= 0.6 is 7.60 Å². The smallest absolute Gasteiger partial charge is 0.355 e. The number of halogens is 2. The van der Waals surface area contributed by atoms with Crippen LogP contribution in [0.15, 0.2) is 54.6 Å². The van der Waals surface area contributed by atoms with Gasteiger partial charge in [0.1, 0.15) is 6.04 Å². The maximum absolute atomic E-state index is 13.9. The zero-order valence-corrected chi connectivity index (χ0v) is 20.7. The van der Waals surface area contributed by atoms with Crippen molar-refractivity contribution in [2.45, 2.75) is 37.4 Å². The van der Waals surface area contributed by atoms with Gasteiger partial charge in [0.2, 0.25) is 15.9 Å². The van der Waals surface area contributed by atoms with Crippen molar-refractivity contribution in [3.63, 3.8) is 0 Å². The monoisotopic (exact) mass is 533 g/mol. The van der Waals surface area contributed by atoms with Crippen LogP contribution in [0.4, 0.5) is 8.78 Å². The Kier molecular flexibility index (Phi) is 10.5. The van der Waals surface area contributed by atoms with Crippen LogP contribution in [0.3, 0.4) is 0 Å². The number of amides is 1. The first-order valence-corrected chi connectivity index (χ1v) is 14.2. The number of carbonyl (C=O) groups excluding carboxylic acids is 1. The maximum atomic E-state index is 13.9. The van der Waals surface area contributed by atoms with E-state index >= 15 is 0 Å². The topological polar surface area (TPSA) is 159 Å². The zero-order valence-electron chi connectivity index (χ0n) is 18.9. The third-order valence-electron chi connectivity index (χ3n) is 5.17. The van der Waals surface area contributed by atoms with E-state index in [0.717, 1.165) is 37.1 Å². The highest BCUT2D eigenvalue weighted by molar-refractivity contribution is 7.89. The number of rotatable bonds is 14. The van der Waals surface area contributed by atoms with Crippen LogP contribution in [0.5, 0.6) is 0 Å². The second-order valence-electron chi connectivity index (χ2n) is 8.00. The Morgan fingerprint density at radius 3 is 2.23 bits per heavy atom. The minimum absolute atomic E-state index is 0.157. The first-order chi connectivity index (χ1) is 16.4. The number of nitrogens with two attached hydrogens (primary N) is 1. The summed E-state index contributed by atoms with van der Waals surface area (Å²) >= 11 is 0. The predicted octanol–water partition coefficient (Wildman–Crippen LogP) is 1.84. The standard InChI is InChI=1S/C22H30F2N3O6PS/c23-22(24,34(29,30)31)19-11-9-18(10-12-19)16-20(27-35(32,33)15-13-25)21(28)26-14-5-4-8-17-6-2-1-3-7-17/h1-3,6-7,9-12,20,27H,4-5,8,13-16,25H2,(H,26,28)(H2,29,30,31)/t20-/m0/s1. The van der Waals surface area contributed by atoms with Gasteiger partial charge in [-0.3, -0.25) is 9.36 Å². The highest BCUT2D eigenvalue weighted by Crippen LogP contribution is 2.59. The second kappa shape index (κ2) is 12.7. The van der Waals surface area contributed by atoms with Gasteiger partial charge >= 0.3 is 13.3 Å². The molecule has 1 amide bonds. The van der Waals surface area contributed by atoms with Crippen molar-refractivity contribution in [1.29, 1.82) is 0 Å². The summed E-state index contributed by atoms with van der Waals surface area (Å²) in [7, 11) is -9.60. The molecule has 0 saturated carbocycles. The van der Waals surface area contributed by atoms with E-state index in [1.807, 2.05) is 30.3 Å². The van der Waals surface area contributed by atoms with E-state index in [1.165, 1.54) is 5.56 Å². The fraction of sp³-hybridized carbons (Fsp3) is 0.409. The SMILES string of the molecule is NCCS(=O)(=O)N[C@@H](Cc1ccc(C(F)(F)P(=O)(O)O)cc1)C(=O)NCCCCc1ccccc1. The van der Waals surface area contributed by atoms with E-state index in [4.69, 9.17) is 15.5 Å². The van der Waals surface area contributed by atoms with Crippen LogP contribution in [-0.4, -0.2) is 49.0 Å². The number of carbonyl (C=O) groups is 1. The Hall–Kier alpha value is -2.21. The van der Waals surface area contributed by atoms with Gasteiger partial charge in [-0.25, -0.2) is 13.1 Å². The molecule has 13 heteroatoms. The van der Waals surface area contributed by atoms with E-state index in [2.05, 4.69) is 10.0 Å². The molecular weight excluding hydrogens is 503 g/mol. The molecule has 2 aromatic carbocycles. The lowest BCUT2D eigenvalue weighted by atomic mass is 10.0. The number of hydrogen-bond donors (Lipinski definition) is 5. The first kappa shape index (κ1) is 29.0. The average Bonchev–Trinajstić information content (AvgIpc) is 2.78. The number of hydrogen-bond acceptors (Lipinski definition) is 5. The van der Waals surface area contributed by atoms with Gasteiger partial charge in [0.05, 0.1) is 5.75 Å². The van der Waals surface area contributed by atoms with Crippen molar-refractivity contribution in [2.75, 3.05) is 18.8 Å². The van der Waals surface area contributed by atoms with Crippen molar-refractivity contribution >= 4 is 23.5 Å². The van der Waals surface area contributed by atoms with Crippen molar-refractivity contribution in [1.82, 2.24) is 10.0 Å². The van der Waals surface area contributed by atoms with Gasteiger partial charge in [-0.2, -0.15) is 8.78 Å². The van der Waals surface area contributed by atoms with Gasteiger partial charge in [-0.05, 0) is 36.8 Å². The molecule has 6 N–H and O–H groups in total. The van der Waals surface area contributed by atoms with Gasteiger partial charge in [0, 0.05) is 18.7 Å². The molecule has 2 aromatic rings. The summed E-state index contributed by atoms with van der Waals surface area (Å²) in [4.78, 5) is 30.5. The summed E-state index contributed by atoms with van der Waals surface area (Å²) in [5, 5.41) is 2.69. The van der Waals surface area contributed by atoms with E-state index in [-0.39, 0.29) is 13.0 Å². The van der Waals surface area contributed by atoms with Gasteiger partial charge in [-0.1, -0.05) is 54.6 Å². The number of unbranched alkanes of at least 4 members (excludes halogenated alkanes) is 1. The molecule has 0 aromatic heterocycles. The van der Waals surface area contributed by atoms with Crippen LogP contribution in [-0.2, 0) is 37.9 Å². The molecule has 9 nitrogen and oxygen atoms in total. The fourth-order valence-corrected chi connectivity index (χ4v) is 4.83. The minimum atomic E-state index is -5.72. The molecule has 0 spiro atoms. The number of nitrogens with one attached hydrogen (secondary N) is 2. The molecular formula is C22H30F2N3O6PS. The molecule has 35 heavy (non-hydrogen) atoms. The minimum Gasteiger partial charge on any atom is -0.355 e. The quantitative estimate of drug-likeness (QED) is 0.183. The molecule has 0 heterocycles. The Morgan fingerprint density at radius 1 is 1.03 bits per heavy atom. The third kappa shape index (κ3) is 9.06. The summed E-state index contributed by atoms with van der Waals surface area (Å²) < 4.78 is 65.5. The normalized spacial score (nSPS) is 13.4. The second-order valence-corrected chi connectivity index (χ2v) is 11.5. The summed E-state index contributed by atoms with van der Waals surface area (Å²) in [5.41, 5.74) is 1.54. The molecule has 0 radical (unpaired) electrons. The average molecular weight is 534 g/mol. The molecule has 0 aliphatic heterocycles. The molecule has 194 valence electrons. The molecule has 1 atom stereocenters. The summed E-state index contributed by atoms with van der Waals surface area (Å²) in [5.74, 6) is -0.990. The molecule has 2 rings (SSSR count). The molecule has 0 saturated heterocycles. The number of aryl methyl sites for hydroxylation is 1. The van der Waals surface area contributed by atoms with Gasteiger partial charge in [-0.15, -0.1) is 0 Å². The summed E-state index contributed by atoms with van der Waals surface area (Å²) in [6.07, 6.45) is 2.13. The van der Waals surface area contributed by atoms with E-state index in [0.29, 0.717) is 18.5 Å². The fourth-order valence-electron chi connectivity index (χ4n) is 3.30. The van der Waals surface area contributed by atoms with Gasteiger partial charge in [0.25, 0.3) is 0 Å². The van der Waals surface area contributed by atoms with Crippen LogP contribution in [0.2, 0.25) is 0 Å². The molecule has 0 fully saturated rings. The Morgan fingerprint density at radius 2 is 1.66 bits per heavy atom. The number of benzene rings is 2. The lowest BCUT2D eigenvalue weighted by molar-refractivity contribution is -0.122. The Balaban J connectivity index is 2.04. The zero-order chi connectivity index (χ0) is 26.1. The first-order valence-electron chi connectivity index (χ1n) is 10.9. The summed E-state index contributed by atoms with van der Waals surface area (Å²) in [6, 6.07) is 12.6. The van der Waals surface area contributed by atoms with E-state index in [9.17, 15) is 26.6 Å². The van der Waals surface area contributed by atoms with Crippen molar-refractivity contribution in [3.8, 4) is 0 Å².